The summed E-state index contributed by atoms with van der Waals surface area (Å²) in [5.74, 6) is 0.411. The quantitative estimate of drug-likeness (QED) is 0.520. The summed E-state index contributed by atoms with van der Waals surface area (Å²) in [7, 11) is -3.43. The number of nitrogens with zero attached hydrogens (tertiary/aromatic N) is 4. The Morgan fingerprint density at radius 1 is 1.23 bits per heavy atom. The van der Waals surface area contributed by atoms with Gasteiger partial charge in [-0.25, -0.2) is 9.67 Å². The molecule has 1 aliphatic rings. The number of carbonyl (C=O) groups excluding carboxylic acids is 1. The van der Waals surface area contributed by atoms with Gasteiger partial charge in [0, 0.05) is 6.54 Å². The summed E-state index contributed by atoms with van der Waals surface area (Å²) in [6.45, 7) is 5.35. The van der Waals surface area contributed by atoms with Gasteiger partial charge in [0.1, 0.15) is 37.3 Å². The van der Waals surface area contributed by atoms with Crippen molar-refractivity contribution < 1.29 is 27.9 Å². The van der Waals surface area contributed by atoms with Crippen LogP contribution in [0.5, 0.6) is 5.75 Å². The molecular weight excluding hydrogens is 411 g/mol. The topological polar surface area (TPSA) is 105 Å². The van der Waals surface area contributed by atoms with Crippen molar-refractivity contribution >= 4 is 13.5 Å². The van der Waals surface area contributed by atoms with Crippen molar-refractivity contribution in [3.05, 3.63) is 36.9 Å². The standard InChI is InChI=1S/C19H27N4O6P/c1-3-28-30(25,29-4-2)13-19(24)22-9-10-26-18(11-22)12-27-17-7-5-16(6-8-17)23-15-20-14-21-23/h5-8,14-15,18H,3-4,9-13H2,1-2H3. The van der Waals surface area contributed by atoms with E-state index in [1.807, 2.05) is 24.3 Å². The van der Waals surface area contributed by atoms with Gasteiger partial charge in [0.25, 0.3) is 0 Å². The Morgan fingerprint density at radius 3 is 2.60 bits per heavy atom. The second kappa shape index (κ2) is 10.7. The molecule has 1 aromatic carbocycles. The van der Waals surface area contributed by atoms with Crippen molar-refractivity contribution in [3.63, 3.8) is 0 Å². The number of hydrogen-bond donors (Lipinski definition) is 0. The predicted molar refractivity (Wildman–Crippen MR) is 109 cm³/mol. The summed E-state index contributed by atoms with van der Waals surface area (Å²) in [5.41, 5.74) is 0.874. The summed E-state index contributed by atoms with van der Waals surface area (Å²) in [4.78, 5) is 18.2. The molecule has 1 amide bonds. The molecule has 0 bridgehead atoms. The first kappa shape index (κ1) is 22.4. The van der Waals surface area contributed by atoms with Crippen molar-refractivity contribution in [2.24, 2.45) is 0 Å². The highest BCUT2D eigenvalue weighted by Crippen LogP contribution is 2.48. The second-order valence-corrected chi connectivity index (χ2v) is 8.64. The fourth-order valence-corrected chi connectivity index (χ4v) is 4.64. The van der Waals surface area contributed by atoms with Crippen LogP contribution in [-0.2, 0) is 23.1 Å². The SMILES string of the molecule is CCOP(=O)(CC(=O)N1CCOC(COc2ccc(-n3cncn3)cc2)C1)OCC. The molecule has 11 heteroatoms. The fourth-order valence-electron chi connectivity index (χ4n) is 3.06. The highest BCUT2D eigenvalue weighted by Gasteiger charge is 2.32. The number of morpholine rings is 1. The number of amides is 1. The van der Waals surface area contributed by atoms with Crippen LogP contribution in [0.1, 0.15) is 13.8 Å². The molecule has 0 spiro atoms. The molecule has 0 radical (unpaired) electrons. The largest absolute Gasteiger partial charge is 0.491 e. The van der Waals surface area contributed by atoms with Crippen LogP contribution in [0.2, 0.25) is 0 Å². The third kappa shape index (κ3) is 6.12. The van der Waals surface area contributed by atoms with E-state index in [-0.39, 0.29) is 31.4 Å². The van der Waals surface area contributed by atoms with Gasteiger partial charge in [-0.2, -0.15) is 5.10 Å². The molecule has 1 aromatic heterocycles. The van der Waals surface area contributed by atoms with Crippen LogP contribution in [0.25, 0.3) is 5.69 Å². The van der Waals surface area contributed by atoms with E-state index in [1.54, 1.807) is 29.8 Å². The molecule has 1 saturated heterocycles. The van der Waals surface area contributed by atoms with Crippen LogP contribution in [0.4, 0.5) is 0 Å². The average molecular weight is 438 g/mol. The number of hydrogen-bond acceptors (Lipinski definition) is 8. The molecule has 164 valence electrons. The van der Waals surface area contributed by atoms with Crippen molar-refractivity contribution in [1.29, 1.82) is 0 Å². The Hall–Kier alpha value is -2.26. The molecule has 1 atom stereocenters. The third-order valence-corrected chi connectivity index (χ3v) is 6.39. The number of benzene rings is 1. The minimum absolute atomic E-state index is 0.222. The van der Waals surface area contributed by atoms with Crippen LogP contribution in [0, 0.1) is 0 Å². The maximum Gasteiger partial charge on any atom is 0.340 e. The molecule has 0 saturated carbocycles. The van der Waals surface area contributed by atoms with Gasteiger partial charge in [0.2, 0.25) is 5.91 Å². The lowest BCUT2D eigenvalue weighted by atomic mass is 10.2. The van der Waals surface area contributed by atoms with Gasteiger partial charge >= 0.3 is 7.60 Å². The molecule has 30 heavy (non-hydrogen) atoms. The van der Waals surface area contributed by atoms with Crippen LogP contribution in [0.15, 0.2) is 36.9 Å². The lowest BCUT2D eigenvalue weighted by Gasteiger charge is -2.33. The number of rotatable bonds is 10. The third-order valence-electron chi connectivity index (χ3n) is 4.43. The van der Waals surface area contributed by atoms with Gasteiger partial charge in [-0.3, -0.25) is 9.36 Å². The van der Waals surface area contributed by atoms with Crippen LogP contribution in [0.3, 0.4) is 0 Å². The Kier molecular flexibility index (Phi) is 7.98. The van der Waals surface area contributed by atoms with E-state index >= 15 is 0 Å². The normalized spacial score (nSPS) is 17.1. The van der Waals surface area contributed by atoms with E-state index in [0.717, 1.165) is 5.69 Å². The number of ether oxygens (including phenoxy) is 2. The Labute approximate surface area is 175 Å². The van der Waals surface area contributed by atoms with E-state index in [4.69, 9.17) is 18.5 Å². The Balaban J connectivity index is 1.51. The molecule has 10 nitrogen and oxygen atoms in total. The van der Waals surface area contributed by atoms with Crippen molar-refractivity contribution in [3.8, 4) is 11.4 Å². The van der Waals surface area contributed by atoms with Gasteiger partial charge in [0.05, 0.1) is 32.1 Å². The number of aromatic nitrogens is 3. The zero-order chi connectivity index (χ0) is 21.4. The van der Waals surface area contributed by atoms with Gasteiger partial charge in [-0.05, 0) is 38.1 Å². The molecule has 1 unspecified atom stereocenters. The molecular formula is C19H27N4O6P. The Bertz CT molecular complexity index is 835. The molecule has 1 fully saturated rings. The molecule has 2 aromatic rings. The molecule has 2 heterocycles. The zero-order valence-electron chi connectivity index (χ0n) is 17.2. The summed E-state index contributed by atoms with van der Waals surface area (Å²) >= 11 is 0. The average Bonchev–Trinajstić information content (AvgIpc) is 3.28. The maximum atomic E-state index is 12.6. The number of carbonyl (C=O) groups is 1. The van der Waals surface area contributed by atoms with Crippen molar-refractivity contribution in [1.82, 2.24) is 19.7 Å². The fraction of sp³-hybridized carbons (Fsp3) is 0.526. The van der Waals surface area contributed by atoms with E-state index < -0.39 is 7.60 Å². The van der Waals surface area contributed by atoms with Crippen LogP contribution >= 0.6 is 7.60 Å². The second-order valence-electron chi connectivity index (χ2n) is 6.58. The predicted octanol–water partition coefficient (Wildman–Crippen LogP) is 2.14. The monoisotopic (exact) mass is 438 g/mol. The van der Waals surface area contributed by atoms with E-state index in [2.05, 4.69) is 10.1 Å². The maximum absolute atomic E-state index is 12.6. The highest BCUT2D eigenvalue weighted by atomic mass is 31.2. The van der Waals surface area contributed by atoms with Gasteiger partial charge in [0.15, 0.2) is 0 Å². The van der Waals surface area contributed by atoms with E-state index in [0.29, 0.717) is 32.1 Å². The first-order valence-corrected chi connectivity index (χ1v) is 11.6. The lowest BCUT2D eigenvalue weighted by molar-refractivity contribution is -0.137. The van der Waals surface area contributed by atoms with E-state index in [1.165, 1.54) is 6.33 Å². The van der Waals surface area contributed by atoms with Crippen LogP contribution < -0.4 is 4.74 Å². The molecule has 0 N–H and O–H groups in total. The summed E-state index contributed by atoms with van der Waals surface area (Å²) in [6, 6.07) is 7.42. The van der Waals surface area contributed by atoms with E-state index in [9.17, 15) is 9.36 Å². The molecule has 1 aliphatic heterocycles. The smallest absolute Gasteiger partial charge is 0.340 e. The van der Waals surface area contributed by atoms with Crippen molar-refractivity contribution in [2.45, 2.75) is 20.0 Å². The summed E-state index contributed by atoms with van der Waals surface area (Å²) in [6.07, 6.45) is 2.54. The van der Waals surface area contributed by atoms with Gasteiger partial charge in [-0.1, -0.05) is 0 Å². The van der Waals surface area contributed by atoms with Gasteiger partial charge < -0.3 is 23.4 Å². The highest BCUT2D eigenvalue weighted by molar-refractivity contribution is 7.54. The first-order chi connectivity index (χ1) is 14.5. The van der Waals surface area contributed by atoms with Crippen molar-refractivity contribution in [2.75, 3.05) is 45.7 Å². The molecule has 3 rings (SSSR count). The van der Waals surface area contributed by atoms with Gasteiger partial charge in [-0.15, -0.1) is 0 Å². The summed E-state index contributed by atoms with van der Waals surface area (Å²) < 4.78 is 36.2. The zero-order valence-corrected chi connectivity index (χ0v) is 18.1. The minimum Gasteiger partial charge on any atom is -0.491 e. The molecule has 0 aliphatic carbocycles. The summed E-state index contributed by atoms with van der Waals surface area (Å²) in [5, 5.41) is 4.08. The lowest BCUT2D eigenvalue weighted by Crippen LogP contribution is -2.48. The minimum atomic E-state index is -3.43. The Morgan fingerprint density at radius 2 is 1.97 bits per heavy atom. The van der Waals surface area contributed by atoms with Crippen LogP contribution in [-0.4, -0.2) is 77.4 Å². The first-order valence-electron chi connectivity index (χ1n) is 9.88.